The summed E-state index contributed by atoms with van der Waals surface area (Å²) in [7, 11) is 0. The molecular weight excluding hydrogens is 220 g/mol. The molecule has 0 amide bonds. The Morgan fingerprint density at radius 2 is 1.88 bits per heavy atom. The molecule has 1 aromatic carbocycles. The topological polar surface area (TPSA) is 28.7 Å². The summed E-state index contributed by atoms with van der Waals surface area (Å²) in [6, 6.07) is 8.66. The first-order valence-electron chi connectivity index (χ1n) is 5.50. The molecule has 1 aromatic heterocycles. The molecule has 2 rings (SSSR count). The standard InChI is InChI=1S/C13H15ClN2/c14-7-1-2-11-3-5-12(6-4-11)10-13-15-8-9-16-13/h3-6,8-9H,1-2,7,10H2,(H,15,16). The van der Waals surface area contributed by atoms with Gasteiger partial charge in [-0.15, -0.1) is 11.6 Å². The summed E-state index contributed by atoms with van der Waals surface area (Å²) in [6.45, 7) is 0. The summed E-state index contributed by atoms with van der Waals surface area (Å²) in [4.78, 5) is 7.32. The predicted octanol–water partition coefficient (Wildman–Crippen LogP) is 3.17. The zero-order chi connectivity index (χ0) is 11.2. The highest BCUT2D eigenvalue weighted by Crippen LogP contribution is 2.09. The average Bonchev–Trinajstić information content (AvgIpc) is 2.81. The summed E-state index contributed by atoms with van der Waals surface area (Å²) in [6.07, 6.45) is 6.60. The van der Waals surface area contributed by atoms with E-state index >= 15 is 0 Å². The van der Waals surface area contributed by atoms with Crippen molar-refractivity contribution in [3.05, 3.63) is 53.6 Å². The minimum absolute atomic E-state index is 0.730. The summed E-state index contributed by atoms with van der Waals surface area (Å²) in [5.41, 5.74) is 2.63. The number of rotatable bonds is 5. The second-order valence-electron chi connectivity index (χ2n) is 3.82. The van der Waals surface area contributed by atoms with Crippen molar-refractivity contribution >= 4 is 11.6 Å². The number of alkyl halides is 1. The van der Waals surface area contributed by atoms with Gasteiger partial charge in [-0.25, -0.2) is 4.98 Å². The third kappa shape index (κ3) is 3.11. The maximum Gasteiger partial charge on any atom is 0.110 e. The number of aryl methyl sites for hydroxylation is 1. The smallest absolute Gasteiger partial charge is 0.110 e. The number of halogens is 1. The first-order valence-corrected chi connectivity index (χ1v) is 6.04. The molecule has 0 spiro atoms. The fourth-order valence-corrected chi connectivity index (χ4v) is 1.82. The van der Waals surface area contributed by atoms with E-state index in [2.05, 4.69) is 34.2 Å². The molecule has 0 radical (unpaired) electrons. The van der Waals surface area contributed by atoms with E-state index in [1.165, 1.54) is 11.1 Å². The first kappa shape index (κ1) is 11.2. The molecule has 0 saturated heterocycles. The van der Waals surface area contributed by atoms with Crippen molar-refractivity contribution in [1.29, 1.82) is 0 Å². The third-order valence-electron chi connectivity index (χ3n) is 2.55. The van der Waals surface area contributed by atoms with Gasteiger partial charge in [-0.1, -0.05) is 24.3 Å². The molecule has 0 bridgehead atoms. The number of hydrogen-bond donors (Lipinski definition) is 1. The number of nitrogens with zero attached hydrogens (tertiary/aromatic N) is 1. The van der Waals surface area contributed by atoms with Crippen LogP contribution in [0.5, 0.6) is 0 Å². The highest BCUT2D eigenvalue weighted by Gasteiger charge is 1.98. The molecule has 0 aliphatic carbocycles. The van der Waals surface area contributed by atoms with Crippen LogP contribution >= 0.6 is 11.6 Å². The Hall–Kier alpha value is -1.28. The van der Waals surface area contributed by atoms with E-state index in [1.807, 2.05) is 6.20 Å². The summed E-state index contributed by atoms with van der Waals surface area (Å²) >= 11 is 5.67. The highest BCUT2D eigenvalue weighted by atomic mass is 35.5. The zero-order valence-electron chi connectivity index (χ0n) is 9.12. The predicted molar refractivity (Wildman–Crippen MR) is 66.9 cm³/mol. The van der Waals surface area contributed by atoms with E-state index in [9.17, 15) is 0 Å². The van der Waals surface area contributed by atoms with E-state index in [0.717, 1.165) is 31.0 Å². The summed E-state index contributed by atoms with van der Waals surface area (Å²) in [5.74, 6) is 1.74. The van der Waals surface area contributed by atoms with Crippen LogP contribution in [-0.2, 0) is 12.8 Å². The molecule has 1 N–H and O–H groups in total. The van der Waals surface area contributed by atoms with Crippen LogP contribution in [0.1, 0.15) is 23.4 Å². The Morgan fingerprint density at radius 1 is 1.12 bits per heavy atom. The van der Waals surface area contributed by atoms with Crippen molar-refractivity contribution in [2.45, 2.75) is 19.3 Å². The van der Waals surface area contributed by atoms with E-state index in [0.29, 0.717) is 0 Å². The molecule has 0 atom stereocenters. The lowest BCUT2D eigenvalue weighted by Gasteiger charge is -2.02. The molecule has 0 aliphatic rings. The van der Waals surface area contributed by atoms with E-state index in [1.54, 1.807) is 6.20 Å². The zero-order valence-corrected chi connectivity index (χ0v) is 9.87. The van der Waals surface area contributed by atoms with E-state index < -0.39 is 0 Å². The van der Waals surface area contributed by atoms with Crippen LogP contribution in [0, 0.1) is 0 Å². The third-order valence-corrected chi connectivity index (χ3v) is 2.82. The Labute approximate surface area is 101 Å². The molecule has 2 nitrogen and oxygen atoms in total. The Morgan fingerprint density at radius 3 is 2.50 bits per heavy atom. The maximum atomic E-state index is 5.67. The molecule has 0 aliphatic heterocycles. The number of hydrogen-bond acceptors (Lipinski definition) is 1. The lowest BCUT2D eigenvalue weighted by molar-refractivity contribution is 0.926. The van der Waals surface area contributed by atoms with Crippen molar-refractivity contribution in [2.75, 3.05) is 5.88 Å². The number of imidazole rings is 1. The minimum atomic E-state index is 0.730. The van der Waals surface area contributed by atoms with Crippen molar-refractivity contribution in [3.8, 4) is 0 Å². The van der Waals surface area contributed by atoms with Crippen molar-refractivity contribution in [3.63, 3.8) is 0 Å². The minimum Gasteiger partial charge on any atom is -0.348 e. The molecule has 0 saturated carbocycles. The van der Waals surface area contributed by atoms with Crippen LogP contribution in [0.25, 0.3) is 0 Å². The second-order valence-corrected chi connectivity index (χ2v) is 4.20. The lowest BCUT2D eigenvalue weighted by atomic mass is 10.1. The maximum absolute atomic E-state index is 5.67. The number of nitrogens with one attached hydrogen (secondary N) is 1. The summed E-state index contributed by atoms with van der Waals surface area (Å²) < 4.78 is 0. The van der Waals surface area contributed by atoms with E-state index in [4.69, 9.17) is 11.6 Å². The fraction of sp³-hybridized carbons (Fsp3) is 0.308. The molecule has 3 heteroatoms. The van der Waals surface area contributed by atoms with Crippen molar-refractivity contribution in [1.82, 2.24) is 9.97 Å². The Balaban J connectivity index is 1.96. The van der Waals surface area contributed by atoms with Crippen molar-refractivity contribution in [2.24, 2.45) is 0 Å². The SMILES string of the molecule is ClCCCc1ccc(Cc2ncc[nH]2)cc1. The van der Waals surface area contributed by atoms with Gasteiger partial charge in [0, 0.05) is 24.7 Å². The van der Waals surface area contributed by atoms with Gasteiger partial charge < -0.3 is 4.98 Å². The van der Waals surface area contributed by atoms with Gasteiger partial charge in [0.1, 0.15) is 5.82 Å². The van der Waals surface area contributed by atoms with Gasteiger partial charge in [0.25, 0.3) is 0 Å². The van der Waals surface area contributed by atoms with Gasteiger partial charge in [-0.05, 0) is 24.0 Å². The van der Waals surface area contributed by atoms with Gasteiger partial charge >= 0.3 is 0 Å². The normalized spacial score (nSPS) is 10.6. The first-order chi connectivity index (χ1) is 7.88. The molecule has 1 heterocycles. The van der Waals surface area contributed by atoms with Crippen LogP contribution in [0.4, 0.5) is 0 Å². The average molecular weight is 235 g/mol. The van der Waals surface area contributed by atoms with E-state index in [-0.39, 0.29) is 0 Å². The number of aromatic nitrogens is 2. The Bertz CT molecular complexity index is 406. The van der Waals surface area contributed by atoms with Gasteiger partial charge in [-0.2, -0.15) is 0 Å². The largest absolute Gasteiger partial charge is 0.348 e. The van der Waals surface area contributed by atoms with Crippen LogP contribution < -0.4 is 0 Å². The van der Waals surface area contributed by atoms with Crippen molar-refractivity contribution < 1.29 is 0 Å². The number of benzene rings is 1. The van der Waals surface area contributed by atoms with Crippen LogP contribution in [0.3, 0.4) is 0 Å². The number of aromatic amines is 1. The molecule has 0 fully saturated rings. The Kier molecular flexibility index (Phi) is 4.00. The quantitative estimate of drug-likeness (QED) is 0.791. The molecule has 0 unspecified atom stereocenters. The lowest BCUT2D eigenvalue weighted by Crippen LogP contribution is -1.92. The second kappa shape index (κ2) is 5.71. The van der Waals surface area contributed by atoms with Crippen LogP contribution in [0.15, 0.2) is 36.7 Å². The van der Waals surface area contributed by atoms with Gasteiger partial charge in [0.05, 0.1) is 0 Å². The summed E-state index contributed by atoms with van der Waals surface area (Å²) in [5, 5.41) is 0. The molecular formula is C13H15ClN2. The molecule has 16 heavy (non-hydrogen) atoms. The molecule has 84 valence electrons. The van der Waals surface area contributed by atoms with Gasteiger partial charge in [0.15, 0.2) is 0 Å². The van der Waals surface area contributed by atoms with Crippen LogP contribution in [-0.4, -0.2) is 15.8 Å². The van der Waals surface area contributed by atoms with Crippen LogP contribution in [0.2, 0.25) is 0 Å². The van der Waals surface area contributed by atoms with Gasteiger partial charge in [-0.3, -0.25) is 0 Å². The monoisotopic (exact) mass is 234 g/mol. The van der Waals surface area contributed by atoms with Gasteiger partial charge in [0.2, 0.25) is 0 Å². The molecule has 2 aromatic rings. The highest BCUT2D eigenvalue weighted by molar-refractivity contribution is 6.17. The fourth-order valence-electron chi connectivity index (χ4n) is 1.68. The number of H-pyrrole nitrogens is 1.